The molecule has 0 amide bonds. The highest BCUT2D eigenvalue weighted by Gasteiger charge is 2.33. The number of rotatable bonds is 2. The fourth-order valence-corrected chi connectivity index (χ4v) is 3.46. The molecule has 1 aromatic rings. The molecule has 0 radical (unpaired) electrons. The third-order valence-electron chi connectivity index (χ3n) is 5.01. The molecule has 0 aliphatic heterocycles. The van der Waals surface area contributed by atoms with Gasteiger partial charge in [-0.15, -0.1) is 0 Å². The van der Waals surface area contributed by atoms with Crippen molar-refractivity contribution < 1.29 is 9.32 Å². The molecule has 2 aliphatic rings. The zero-order valence-corrected chi connectivity index (χ0v) is 12.5. The number of hydrogen-bond donors (Lipinski definition) is 0. The van der Waals surface area contributed by atoms with Crippen molar-refractivity contribution in [2.45, 2.75) is 77.0 Å². The number of carbonyl (C=O) groups excluding carboxylic acids is 1. The summed E-state index contributed by atoms with van der Waals surface area (Å²) < 4.78 is 5.40. The van der Waals surface area contributed by atoms with E-state index in [1.54, 1.807) is 0 Å². The molecule has 1 aromatic heterocycles. The van der Waals surface area contributed by atoms with Crippen molar-refractivity contribution in [2.24, 2.45) is 5.41 Å². The standard InChI is InChI=1S/C16H24N2O2/c1-16(2)9-7-11(8-10-16)14-17-15(20-18-14)12-5-3-4-6-13(12)19/h11-12H,3-10H2,1-2H3. The monoisotopic (exact) mass is 276 g/mol. The summed E-state index contributed by atoms with van der Waals surface area (Å²) in [4.78, 5) is 16.5. The van der Waals surface area contributed by atoms with Crippen molar-refractivity contribution in [1.29, 1.82) is 0 Å². The zero-order valence-electron chi connectivity index (χ0n) is 12.5. The van der Waals surface area contributed by atoms with Crippen molar-refractivity contribution in [2.75, 3.05) is 0 Å². The Morgan fingerprint density at radius 3 is 2.60 bits per heavy atom. The van der Waals surface area contributed by atoms with Crippen molar-refractivity contribution in [3.63, 3.8) is 0 Å². The molecule has 2 aliphatic carbocycles. The molecule has 3 rings (SSSR count). The van der Waals surface area contributed by atoms with E-state index >= 15 is 0 Å². The van der Waals surface area contributed by atoms with Gasteiger partial charge in [0.2, 0.25) is 5.89 Å². The normalized spacial score (nSPS) is 27.7. The fraction of sp³-hybridized carbons (Fsp3) is 0.812. The molecule has 4 nitrogen and oxygen atoms in total. The lowest BCUT2D eigenvalue weighted by Gasteiger charge is -2.32. The lowest BCUT2D eigenvalue weighted by molar-refractivity contribution is -0.122. The molecule has 1 unspecified atom stereocenters. The average Bonchev–Trinajstić information content (AvgIpc) is 2.88. The first-order chi connectivity index (χ1) is 9.55. The van der Waals surface area contributed by atoms with Gasteiger partial charge >= 0.3 is 0 Å². The van der Waals surface area contributed by atoms with E-state index in [9.17, 15) is 4.79 Å². The van der Waals surface area contributed by atoms with Gasteiger partial charge < -0.3 is 4.52 Å². The first-order valence-corrected chi connectivity index (χ1v) is 7.91. The highest BCUT2D eigenvalue weighted by molar-refractivity contribution is 5.85. The van der Waals surface area contributed by atoms with Gasteiger partial charge in [-0.3, -0.25) is 4.79 Å². The minimum Gasteiger partial charge on any atom is -0.339 e. The van der Waals surface area contributed by atoms with Crippen LogP contribution in [0.25, 0.3) is 0 Å². The van der Waals surface area contributed by atoms with E-state index in [4.69, 9.17) is 4.52 Å². The van der Waals surface area contributed by atoms with Gasteiger partial charge in [-0.1, -0.05) is 25.4 Å². The number of ketones is 1. The second kappa shape index (κ2) is 5.30. The van der Waals surface area contributed by atoms with E-state index in [0.29, 0.717) is 23.6 Å². The zero-order chi connectivity index (χ0) is 14.2. The van der Waals surface area contributed by atoms with Crippen LogP contribution in [0.4, 0.5) is 0 Å². The first-order valence-electron chi connectivity index (χ1n) is 7.91. The summed E-state index contributed by atoms with van der Waals surface area (Å²) in [5.74, 6) is 1.95. The van der Waals surface area contributed by atoms with E-state index < -0.39 is 0 Å². The summed E-state index contributed by atoms with van der Waals surface area (Å²) in [5, 5.41) is 4.16. The van der Waals surface area contributed by atoms with Gasteiger partial charge in [-0.25, -0.2) is 0 Å². The van der Waals surface area contributed by atoms with Gasteiger partial charge in [0.1, 0.15) is 5.78 Å². The van der Waals surface area contributed by atoms with E-state index in [-0.39, 0.29) is 11.7 Å². The van der Waals surface area contributed by atoms with Crippen LogP contribution < -0.4 is 0 Å². The Morgan fingerprint density at radius 2 is 1.90 bits per heavy atom. The predicted molar refractivity (Wildman–Crippen MR) is 75.5 cm³/mol. The molecule has 0 saturated heterocycles. The quantitative estimate of drug-likeness (QED) is 0.819. The summed E-state index contributed by atoms with van der Waals surface area (Å²) in [6.45, 7) is 4.65. The Hall–Kier alpha value is -1.19. The third-order valence-corrected chi connectivity index (χ3v) is 5.01. The summed E-state index contributed by atoms with van der Waals surface area (Å²) in [5.41, 5.74) is 0.447. The second-order valence-electron chi connectivity index (χ2n) is 7.19. The number of hydrogen-bond acceptors (Lipinski definition) is 4. The summed E-state index contributed by atoms with van der Waals surface area (Å²) in [7, 11) is 0. The molecular weight excluding hydrogens is 252 g/mol. The van der Waals surface area contributed by atoms with Crippen LogP contribution in [-0.2, 0) is 4.79 Å². The SMILES string of the molecule is CC1(C)CCC(c2noc(C3CCCCC3=O)n2)CC1. The van der Waals surface area contributed by atoms with Gasteiger partial charge in [0.05, 0.1) is 5.92 Å². The van der Waals surface area contributed by atoms with Gasteiger partial charge in [-0.05, 0) is 43.9 Å². The molecule has 1 heterocycles. The van der Waals surface area contributed by atoms with Gasteiger partial charge in [0.25, 0.3) is 0 Å². The molecule has 2 saturated carbocycles. The predicted octanol–water partition coefficient (Wildman–Crippen LogP) is 3.98. The topological polar surface area (TPSA) is 56.0 Å². The molecule has 1 atom stereocenters. The molecule has 110 valence electrons. The fourth-order valence-electron chi connectivity index (χ4n) is 3.46. The van der Waals surface area contributed by atoms with Crippen LogP contribution in [0.3, 0.4) is 0 Å². The molecule has 2 fully saturated rings. The lowest BCUT2D eigenvalue weighted by Crippen LogP contribution is -2.21. The first kappa shape index (κ1) is 13.8. The summed E-state index contributed by atoms with van der Waals surface area (Å²) >= 11 is 0. The van der Waals surface area contributed by atoms with Crippen LogP contribution in [-0.4, -0.2) is 15.9 Å². The Bertz CT molecular complexity index is 482. The highest BCUT2D eigenvalue weighted by Crippen LogP contribution is 2.42. The van der Waals surface area contributed by atoms with Crippen molar-refractivity contribution in [3.8, 4) is 0 Å². The minimum absolute atomic E-state index is 0.134. The van der Waals surface area contributed by atoms with E-state index in [2.05, 4.69) is 24.0 Å². The number of aromatic nitrogens is 2. The maximum absolute atomic E-state index is 11.9. The van der Waals surface area contributed by atoms with E-state index in [1.165, 1.54) is 12.8 Å². The highest BCUT2D eigenvalue weighted by atomic mass is 16.5. The minimum atomic E-state index is -0.134. The van der Waals surface area contributed by atoms with E-state index in [1.807, 2.05) is 0 Å². The number of carbonyl (C=O) groups is 1. The second-order valence-corrected chi connectivity index (χ2v) is 7.19. The maximum Gasteiger partial charge on any atom is 0.237 e. The Labute approximate surface area is 120 Å². The lowest BCUT2D eigenvalue weighted by atomic mass is 9.73. The number of nitrogens with zero attached hydrogens (tertiary/aromatic N) is 2. The summed E-state index contributed by atoms with van der Waals surface area (Å²) in [6.07, 6.45) is 8.32. The van der Waals surface area contributed by atoms with Crippen LogP contribution in [0.5, 0.6) is 0 Å². The Morgan fingerprint density at radius 1 is 1.15 bits per heavy atom. The van der Waals surface area contributed by atoms with Crippen LogP contribution in [0.15, 0.2) is 4.52 Å². The molecule has 4 heteroatoms. The van der Waals surface area contributed by atoms with Crippen molar-refractivity contribution >= 4 is 5.78 Å². The smallest absolute Gasteiger partial charge is 0.237 e. The molecule has 0 aromatic carbocycles. The molecular formula is C16H24N2O2. The van der Waals surface area contributed by atoms with Crippen molar-refractivity contribution in [3.05, 3.63) is 11.7 Å². The summed E-state index contributed by atoms with van der Waals surface area (Å²) in [6, 6.07) is 0. The molecule has 0 N–H and O–H groups in total. The van der Waals surface area contributed by atoms with Gasteiger partial charge in [0, 0.05) is 12.3 Å². The van der Waals surface area contributed by atoms with Gasteiger partial charge in [-0.2, -0.15) is 4.98 Å². The Kier molecular flexibility index (Phi) is 3.65. The van der Waals surface area contributed by atoms with E-state index in [0.717, 1.165) is 37.9 Å². The average molecular weight is 276 g/mol. The maximum atomic E-state index is 11.9. The Balaban J connectivity index is 1.69. The van der Waals surface area contributed by atoms with Crippen LogP contribution >= 0.6 is 0 Å². The largest absolute Gasteiger partial charge is 0.339 e. The molecule has 0 spiro atoms. The van der Waals surface area contributed by atoms with Crippen LogP contribution in [0.1, 0.15) is 88.8 Å². The third kappa shape index (κ3) is 2.79. The van der Waals surface area contributed by atoms with Crippen LogP contribution in [0, 0.1) is 5.41 Å². The molecule has 20 heavy (non-hydrogen) atoms. The van der Waals surface area contributed by atoms with Gasteiger partial charge in [0.15, 0.2) is 5.82 Å². The van der Waals surface area contributed by atoms with Crippen LogP contribution in [0.2, 0.25) is 0 Å². The van der Waals surface area contributed by atoms with Crippen molar-refractivity contribution in [1.82, 2.24) is 10.1 Å². The molecule has 0 bridgehead atoms. The number of Topliss-reactive ketones (excluding diaryl/α,β-unsaturated/α-hetero) is 1.